The molecule has 2 aromatic heterocycles. The van der Waals surface area contributed by atoms with Gasteiger partial charge in [-0.15, -0.1) is 0 Å². The highest BCUT2D eigenvalue weighted by Crippen LogP contribution is 2.26. The predicted octanol–water partition coefficient (Wildman–Crippen LogP) is 1.23. The Morgan fingerprint density at radius 3 is 2.77 bits per heavy atom. The van der Waals surface area contributed by atoms with Crippen molar-refractivity contribution in [2.45, 2.75) is 26.4 Å². The minimum atomic E-state index is -0.555. The fraction of sp³-hybridized carbons (Fsp3) is 0.476. The molecule has 10 heteroatoms. The van der Waals surface area contributed by atoms with Crippen LogP contribution < -0.4 is 15.0 Å². The molecule has 2 amide bonds. The summed E-state index contributed by atoms with van der Waals surface area (Å²) in [6.07, 6.45) is 3.71. The van der Waals surface area contributed by atoms with Gasteiger partial charge in [0.2, 0.25) is 11.7 Å². The third kappa shape index (κ3) is 5.33. The molecule has 0 aromatic carbocycles. The van der Waals surface area contributed by atoms with E-state index in [9.17, 15) is 9.59 Å². The van der Waals surface area contributed by atoms with Crippen LogP contribution in [0.2, 0.25) is 0 Å². The number of carbonyl (C=O) groups excluding carboxylic acids is 2. The van der Waals surface area contributed by atoms with Gasteiger partial charge in [0.1, 0.15) is 6.10 Å². The molecule has 0 bridgehead atoms. The van der Waals surface area contributed by atoms with Crippen molar-refractivity contribution in [1.82, 2.24) is 20.3 Å². The molecule has 1 fully saturated rings. The molecular formula is C21H27N5O5. The smallest absolute Gasteiger partial charge is 0.289 e. The average Bonchev–Trinajstić information content (AvgIpc) is 2.82. The van der Waals surface area contributed by atoms with Crippen molar-refractivity contribution >= 4 is 17.6 Å². The number of rotatable bonds is 7. The predicted molar refractivity (Wildman–Crippen MR) is 112 cm³/mol. The lowest BCUT2D eigenvalue weighted by Gasteiger charge is -2.23. The molecule has 1 atom stereocenters. The standard InChI is InChI=1S/C21H27N5O5/c1-5-14-8-15(29-4)20(23-10-14)26(3)17(27)11-24-21(28)19-22-9-13(2)18(25-19)16-12-30-6-7-31-16/h8-10,16H,5-7,11-12H2,1-4H3,(H,24,28). The van der Waals surface area contributed by atoms with Crippen molar-refractivity contribution in [2.24, 2.45) is 0 Å². The molecule has 3 heterocycles. The lowest BCUT2D eigenvalue weighted by atomic mass is 10.1. The summed E-state index contributed by atoms with van der Waals surface area (Å²) in [5, 5.41) is 2.56. The fourth-order valence-corrected chi connectivity index (χ4v) is 3.08. The van der Waals surface area contributed by atoms with Crippen molar-refractivity contribution in [2.75, 3.05) is 45.4 Å². The van der Waals surface area contributed by atoms with E-state index in [1.807, 2.05) is 19.9 Å². The zero-order valence-corrected chi connectivity index (χ0v) is 18.2. The summed E-state index contributed by atoms with van der Waals surface area (Å²) in [7, 11) is 3.10. The maximum atomic E-state index is 12.6. The Kier molecular flexibility index (Phi) is 7.48. The van der Waals surface area contributed by atoms with Crippen molar-refractivity contribution < 1.29 is 23.8 Å². The number of hydrogen-bond acceptors (Lipinski definition) is 8. The van der Waals surface area contributed by atoms with Gasteiger partial charge in [0.25, 0.3) is 5.91 Å². The van der Waals surface area contributed by atoms with Gasteiger partial charge in [0.05, 0.1) is 39.2 Å². The Hall–Kier alpha value is -3.11. The molecule has 0 radical (unpaired) electrons. The van der Waals surface area contributed by atoms with Crippen molar-refractivity contribution in [1.29, 1.82) is 0 Å². The van der Waals surface area contributed by atoms with Crippen LogP contribution in [0.3, 0.4) is 0 Å². The van der Waals surface area contributed by atoms with E-state index in [0.29, 0.717) is 37.1 Å². The maximum absolute atomic E-state index is 12.6. The number of aryl methyl sites for hydroxylation is 2. The summed E-state index contributed by atoms with van der Waals surface area (Å²) in [4.78, 5) is 39.2. The number of methoxy groups -OCH3 is 1. The van der Waals surface area contributed by atoms with Gasteiger partial charge >= 0.3 is 0 Å². The number of hydrogen-bond donors (Lipinski definition) is 1. The van der Waals surface area contributed by atoms with Crippen LogP contribution in [0, 0.1) is 6.92 Å². The first-order valence-corrected chi connectivity index (χ1v) is 10.0. The number of nitrogens with one attached hydrogen (secondary N) is 1. The maximum Gasteiger partial charge on any atom is 0.289 e. The molecule has 3 rings (SSSR count). The van der Waals surface area contributed by atoms with Gasteiger partial charge in [-0.25, -0.2) is 15.0 Å². The number of ether oxygens (including phenoxy) is 3. The average molecular weight is 429 g/mol. The quantitative estimate of drug-likeness (QED) is 0.699. The molecular weight excluding hydrogens is 402 g/mol. The third-order valence-corrected chi connectivity index (χ3v) is 4.94. The fourth-order valence-electron chi connectivity index (χ4n) is 3.08. The van der Waals surface area contributed by atoms with Gasteiger partial charge in [-0.1, -0.05) is 6.92 Å². The van der Waals surface area contributed by atoms with E-state index in [1.165, 1.54) is 12.0 Å². The summed E-state index contributed by atoms with van der Waals surface area (Å²) in [5.41, 5.74) is 2.40. The van der Waals surface area contributed by atoms with Crippen LogP contribution in [0.5, 0.6) is 5.75 Å². The molecule has 0 spiro atoms. The van der Waals surface area contributed by atoms with Crippen molar-refractivity contribution in [3.8, 4) is 5.75 Å². The summed E-state index contributed by atoms with van der Waals surface area (Å²) in [5.74, 6) is -0.0843. The van der Waals surface area contributed by atoms with Crippen LogP contribution in [0.25, 0.3) is 0 Å². The second-order valence-electron chi connectivity index (χ2n) is 7.05. The second kappa shape index (κ2) is 10.3. The van der Waals surface area contributed by atoms with E-state index in [1.54, 1.807) is 19.4 Å². The van der Waals surface area contributed by atoms with Crippen LogP contribution in [0.4, 0.5) is 5.82 Å². The highest BCUT2D eigenvalue weighted by molar-refractivity contribution is 5.98. The monoisotopic (exact) mass is 429 g/mol. The molecule has 1 aliphatic rings. The molecule has 1 saturated heterocycles. The Bertz CT molecular complexity index is 946. The van der Waals surface area contributed by atoms with E-state index in [4.69, 9.17) is 14.2 Å². The Balaban J connectivity index is 1.66. The molecule has 1 N–H and O–H groups in total. The number of aromatic nitrogens is 3. The third-order valence-electron chi connectivity index (χ3n) is 4.94. The van der Waals surface area contributed by atoms with E-state index in [2.05, 4.69) is 20.3 Å². The second-order valence-corrected chi connectivity index (χ2v) is 7.05. The van der Waals surface area contributed by atoms with E-state index in [-0.39, 0.29) is 24.4 Å². The number of pyridine rings is 1. The van der Waals surface area contributed by atoms with Gasteiger partial charge < -0.3 is 19.5 Å². The van der Waals surface area contributed by atoms with Crippen LogP contribution in [0.1, 0.15) is 40.5 Å². The minimum Gasteiger partial charge on any atom is -0.493 e. The van der Waals surface area contributed by atoms with Gasteiger partial charge in [-0.2, -0.15) is 0 Å². The van der Waals surface area contributed by atoms with Gasteiger partial charge in [-0.05, 0) is 30.5 Å². The number of amides is 2. The Morgan fingerprint density at radius 2 is 2.10 bits per heavy atom. The van der Waals surface area contributed by atoms with Crippen molar-refractivity contribution in [3.63, 3.8) is 0 Å². The van der Waals surface area contributed by atoms with E-state index < -0.39 is 5.91 Å². The van der Waals surface area contributed by atoms with Crippen LogP contribution >= 0.6 is 0 Å². The number of anilines is 1. The summed E-state index contributed by atoms with van der Waals surface area (Å²) in [6.45, 7) is 4.97. The molecule has 1 unspecified atom stereocenters. The first-order chi connectivity index (χ1) is 14.9. The Morgan fingerprint density at radius 1 is 1.29 bits per heavy atom. The topological polar surface area (TPSA) is 116 Å². The van der Waals surface area contributed by atoms with E-state index in [0.717, 1.165) is 17.5 Å². The van der Waals surface area contributed by atoms with Gasteiger partial charge in [0, 0.05) is 19.4 Å². The van der Waals surface area contributed by atoms with Crippen LogP contribution in [-0.4, -0.2) is 67.3 Å². The molecule has 2 aromatic rings. The molecule has 10 nitrogen and oxygen atoms in total. The zero-order chi connectivity index (χ0) is 22.4. The van der Waals surface area contributed by atoms with Crippen LogP contribution in [0.15, 0.2) is 18.5 Å². The summed E-state index contributed by atoms with van der Waals surface area (Å²) < 4.78 is 16.4. The highest BCUT2D eigenvalue weighted by Gasteiger charge is 2.23. The van der Waals surface area contributed by atoms with Crippen molar-refractivity contribution in [3.05, 3.63) is 41.1 Å². The SMILES string of the molecule is CCc1cnc(N(C)C(=O)CNC(=O)c2ncc(C)c(C3COCCO3)n2)c(OC)c1. The number of nitrogens with zero attached hydrogens (tertiary/aromatic N) is 4. The van der Waals surface area contributed by atoms with Gasteiger partial charge in [-0.3, -0.25) is 14.5 Å². The van der Waals surface area contributed by atoms with Crippen LogP contribution in [-0.2, 0) is 20.7 Å². The molecule has 166 valence electrons. The molecule has 1 aliphatic heterocycles. The molecule has 31 heavy (non-hydrogen) atoms. The lowest BCUT2D eigenvalue weighted by molar-refractivity contribution is -0.117. The normalized spacial score (nSPS) is 15.9. The lowest BCUT2D eigenvalue weighted by Crippen LogP contribution is -2.39. The molecule has 0 aliphatic carbocycles. The minimum absolute atomic E-state index is 0.0340. The highest BCUT2D eigenvalue weighted by atomic mass is 16.6. The zero-order valence-electron chi connectivity index (χ0n) is 18.2. The first kappa shape index (κ1) is 22.6. The Labute approximate surface area is 180 Å². The summed E-state index contributed by atoms with van der Waals surface area (Å²) in [6, 6.07) is 1.84. The molecule has 0 saturated carbocycles. The number of likely N-dealkylation sites (N-methyl/N-ethyl adjacent to an activating group) is 1. The van der Waals surface area contributed by atoms with Gasteiger partial charge in [0.15, 0.2) is 11.6 Å². The summed E-state index contributed by atoms with van der Waals surface area (Å²) >= 11 is 0. The first-order valence-electron chi connectivity index (χ1n) is 10.0. The number of carbonyl (C=O) groups is 2. The largest absolute Gasteiger partial charge is 0.493 e. The van der Waals surface area contributed by atoms with E-state index >= 15 is 0 Å².